The summed E-state index contributed by atoms with van der Waals surface area (Å²) in [5, 5.41) is 0. The van der Waals surface area contributed by atoms with Crippen LogP contribution in [-0.2, 0) is 28.4 Å². The second kappa shape index (κ2) is 14.8. The molecule has 308 valence electrons. The van der Waals surface area contributed by atoms with Crippen LogP contribution in [0.4, 0.5) is 0 Å². The lowest BCUT2D eigenvalue weighted by Gasteiger charge is -2.04. The topological polar surface area (TPSA) is 243 Å². The number of hydrogen-bond donors (Lipinski definition) is 0. The van der Waals surface area contributed by atoms with E-state index in [9.17, 15) is 52.7 Å². The first-order chi connectivity index (χ1) is 29.6. The third kappa shape index (κ3) is 6.67. The summed E-state index contributed by atoms with van der Waals surface area (Å²) in [5.41, 5.74) is 4.40. The van der Waals surface area contributed by atoms with Gasteiger partial charge in [0.15, 0.2) is 5.78 Å². The summed E-state index contributed by atoms with van der Waals surface area (Å²) in [6.45, 7) is 7.16. The summed E-state index contributed by atoms with van der Waals surface area (Å²) in [4.78, 5) is 127. The highest BCUT2D eigenvalue weighted by atomic mass is 16.6. The first-order valence-corrected chi connectivity index (χ1v) is 17.8. The zero-order valence-corrected chi connectivity index (χ0v) is 30.9. The van der Waals surface area contributed by atoms with Gasteiger partial charge in [0.1, 0.15) is 11.5 Å². The first-order valence-electron chi connectivity index (χ1n) is 17.8. The summed E-state index contributed by atoms with van der Waals surface area (Å²) >= 11 is 0. The van der Waals surface area contributed by atoms with Gasteiger partial charge in [-0.2, -0.15) is 0 Å². The Morgan fingerprint density at radius 2 is 0.571 bits per heavy atom. The number of fused-ring (bicyclic) bond motifs is 6. The first kappa shape index (κ1) is 40.5. The SMILES string of the molecule is C.C=C1OC(=O)c2cc(C(=O)c3ccc4c(c3)C(=O)OC4=O)ccc21.C=C1OC(=O)c2cc3c(cc21)C(=O)OC3=O.O=C1OC(=O)c2cc(-c3ccc4c(c3)C(=O)OC4=O)ccc21. The second-order valence-electron chi connectivity index (χ2n) is 13.6. The Morgan fingerprint density at radius 3 is 1.00 bits per heavy atom. The molecule has 0 aromatic heterocycles. The van der Waals surface area contributed by atoms with Crippen LogP contribution < -0.4 is 0 Å². The van der Waals surface area contributed by atoms with Gasteiger partial charge in [-0.3, -0.25) is 4.79 Å². The molecule has 17 heteroatoms. The maximum absolute atomic E-state index is 12.6. The van der Waals surface area contributed by atoms with Gasteiger partial charge in [-0.1, -0.05) is 44.8 Å². The molecule has 0 fully saturated rings. The van der Waals surface area contributed by atoms with Crippen molar-refractivity contribution in [3.8, 4) is 11.1 Å². The average molecular weight is 847 g/mol. The van der Waals surface area contributed by atoms with Gasteiger partial charge in [0.25, 0.3) is 0 Å². The van der Waals surface area contributed by atoms with Gasteiger partial charge in [-0.25, -0.2) is 47.9 Å². The maximum atomic E-state index is 12.6. The van der Waals surface area contributed by atoms with Crippen molar-refractivity contribution in [3.63, 3.8) is 0 Å². The maximum Gasteiger partial charge on any atom is 0.346 e. The van der Waals surface area contributed by atoms with Crippen molar-refractivity contribution < 1.29 is 81.2 Å². The average Bonchev–Trinajstić information content (AvgIpc) is 4.05. The van der Waals surface area contributed by atoms with Gasteiger partial charge < -0.3 is 28.4 Å². The summed E-state index contributed by atoms with van der Waals surface area (Å²) in [5.74, 6) is -6.81. The minimum atomic E-state index is -0.779. The molecule has 63 heavy (non-hydrogen) atoms. The molecule has 5 aromatic carbocycles. The highest BCUT2D eigenvalue weighted by molar-refractivity contribution is 6.19. The van der Waals surface area contributed by atoms with Crippen molar-refractivity contribution in [2.45, 2.75) is 7.43 Å². The van der Waals surface area contributed by atoms with Gasteiger partial charge >= 0.3 is 59.7 Å². The number of carbonyl (C=O) groups excluding carboxylic acids is 11. The molecule has 17 nitrogen and oxygen atoms in total. The van der Waals surface area contributed by atoms with Crippen molar-refractivity contribution in [3.05, 3.63) is 176 Å². The van der Waals surface area contributed by atoms with E-state index in [4.69, 9.17) is 9.47 Å². The van der Waals surface area contributed by atoms with Crippen LogP contribution in [0.25, 0.3) is 22.6 Å². The van der Waals surface area contributed by atoms with E-state index in [1.54, 1.807) is 24.3 Å². The number of esters is 10. The minimum Gasteiger partial charge on any atom is -0.423 e. The Bertz CT molecular complexity index is 2910. The van der Waals surface area contributed by atoms with Gasteiger partial charge in [-0.15, -0.1) is 0 Å². The molecular formula is C46H22O17. The summed E-state index contributed by atoms with van der Waals surface area (Å²) in [6, 6.07) is 20.7. The van der Waals surface area contributed by atoms with Gasteiger partial charge in [-0.05, 0) is 71.8 Å². The standard InChI is InChI=1S/C18H8O6.C16H6O6.C11H4O5.CH4/c1-8-11-4-2-9(6-13(11)17(21)23-8)15(19)10-3-5-12-14(7-10)18(22)24-16(12)20;17-13-9-3-1-7(5-11(9)15(19)21-13)8-2-4-10-12(6-8)16(20)22-14(10)18;1-4-5-2-7-8(11(14)16-10(7)13)3-6(5)9(12)15-4;/h2-7H,1H2;1-6H;2-3H,1H2;1H4. The molecular weight excluding hydrogens is 824 g/mol. The Hall–Kier alpha value is -9.25. The molecule has 0 atom stereocenters. The van der Waals surface area contributed by atoms with E-state index in [2.05, 4.69) is 32.1 Å². The number of benzene rings is 5. The van der Waals surface area contributed by atoms with Crippen LogP contribution >= 0.6 is 0 Å². The molecule has 0 N–H and O–H groups in total. The normalized spacial score (nSPS) is 15.4. The van der Waals surface area contributed by atoms with Crippen molar-refractivity contribution in [1.29, 1.82) is 0 Å². The fourth-order valence-electron chi connectivity index (χ4n) is 7.00. The lowest BCUT2D eigenvalue weighted by molar-refractivity contribution is 0.0425. The number of hydrogen-bond acceptors (Lipinski definition) is 17. The molecule has 5 aromatic rings. The highest BCUT2D eigenvalue weighted by Gasteiger charge is 2.37. The van der Waals surface area contributed by atoms with Crippen LogP contribution in [-0.4, -0.2) is 65.5 Å². The van der Waals surface area contributed by atoms with E-state index in [0.717, 1.165) is 0 Å². The largest absolute Gasteiger partial charge is 0.423 e. The van der Waals surface area contributed by atoms with Crippen LogP contribution in [0.3, 0.4) is 0 Å². The molecule has 0 spiro atoms. The Balaban J connectivity index is 0.000000131. The summed E-state index contributed by atoms with van der Waals surface area (Å²) in [7, 11) is 0. The van der Waals surface area contributed by atoms with E-state index in [0.29, 0.717) is 22.3 Å². The highest BCUT2D eigenvalue weighted by Crippen LogP contribution is 2.35. The molecule has 6 aliphatic rings. The molecule has 0 bridgehead atoms. The third-order valence-electron chi connectivity index (χ3n) is 10.1. The molecule has 0 unspecified atom stereocenters. The lowest BCUT2D eigenvalue weighted by Crippen LogP contribution is -2.05. The van der Waals surface area contributed by atoms with Gasteiger partial charge in [0.2, 0.25) is 0 Å². The van der Waals surface area contributed by atoms with E-state index in [-0.39, 0.29) is 85.7 Å². The van der Waals surface area contributed by atoms with Gasteiger partial charge in [0, 0.05) is 22.3 Å². The molecule has 6 heterocycles. The summed E-state index contributed by atoms with van der Waals surface area (Å²) in [6.07, 6.45) is 0. The number of rotatable bonds is 3. The molecule has 0 saturated heterocycles. The zero-order chi connectivity index (χ0) is 43.9. The molecule has 0 amide bonds. The smallest absolute Gasteiger partial charge is 0.346 e. The monoisotopic (exact) mass is 846 g/mol. The predicted molar refractivity (Wildman–Crippen MR) is 209 cm³/mol. The van der Waals surface area contributed by atoms with Crippen molar-refractivity contribution in [1.82, 2.24) is 0 Å². The number of ether oxygens (including phenoxy) is 6. The van der Waals surface area contributed by atoms with Crippen molar-refractivity contribution in [2.75, 3.05) is 0 Å². The van der Waals surface area contributed by atoms with Crippen LogP contribution in [0, 0.1) is 0 Å². The van der Waals surface area contributed by atoms with Crippen LogP contribution in [0.15, 0.2) is 98.1 Å². The van der Waals surface area contributed by atoms with E-state index >= 15 is 0 Å². The number of ketones is 1. The zero-order valence-electron chi connectivity index (χ0n) is 30.9. The number of cyclic esters (lactones) is 10. The molecule has 0 radical (unpaired) electrons. The predicted octanol–water partition coefficient (Wildman–Crippen LogP) is 6.12. The molecule has 6 aliphatic heterocycles. The lowest BCUT2D eigenvalue weighted by atomic mass is 9.96. The van der Waals surface area contributed by atoms with Crippen LogP contribution in [0.2, 0.25) is 0 Å². The third-order valence-corrected chi connectivity index (χ3v) is 10.1. The van der Waals surface area contributed by atoms with Crippen molar-refractivity contribution in [2.24, 2.45) is 0 Å². The molecule has 0 saturated carbocycles. The van der Waals surface area contributed by atoms with E-state index in [1.807, 2.05) is 0 Å². The van der Waals surface area contributed by atoms with Crippen molar-refractivity contribution >= 4 is 77.0 Å². The quantitative estimate of drug-likeness (QED) is 0.0859. The fourth-order valence-corrected chi connectivity index (χ4v) is 7.00. The fraction of sp³-hybridized carbons (Fsp3) is 0.0217. The van der Waals surface area contributed by atoms with Crippen LogP contribution in [0.1, 0.15) is 138 Å². The second-order valence-corrected chi connectivity index (χ2v) is 13.6. The van der Waals surface area contributed by atoms with E-state index < -0.39 is 65.5 Å². The van der Waals surface area contributed by atoms with Crippen LogP contribution in [0.5, 0.6) is 0 Å². The van der Waals surface area contributed by atoms with E-state index in [1.165, 1.54) is 60.7 Å². The minimum absolute atomic E-state index is 0. The number of carbonyl (C=O) groups is 11. The molecule has 0 aliphatic carbocycles. The Labute approximate surface area is 352 Å². The molecule has 11 rings (SSSR count). The Morgan fingerprint density at radius 1 is 0.302 bits per heavy atom. The Kier molecular flexibility index (Phi) is 9.51. The summed E-state index contributed by atoms with van der Waals surface area (Å²) < 4.78 is 27.7. The van der Waals surface area contributed by atoms with Gasteiger partial charge in [0.05, 0.1) is 55.6 Å².